The number of carbonyl (C=O) groups is 1. The Morgan fingerprint density at radius 2 is 1.57 bits per heavy atom. The van der Waals surface area contributed by atoms with E-state index in [1.807, 2.05) is 24.3 Å². The molecule has 1 amide bonds. The second-order valence-electron chi connectivity index (χ2n) is 8.31. The van der Waals surface area contributed by atoms with Gasteiger partial charge in [0, 0.05) is 23.9 Å². The molecule has 1 saturated heterocycles. The number of hydrogen-bond acceptors (Lipinski definition) is 4. The van der Waals surface area contributed by atoms with Gasteiger partial charge in [0.1, 0.15) is 29.2 Å². The zero-order valence-electron chi connectivity index (χ0n) is 19.2. The second kappa shape index (κ2) is 9.31. The molecule has 2 heterocycles. The number of methoxy groups -OCH3 is 1. The highest BCUT2D eigenvalue weighted by molar-refractivity contribution is 5.83. The third kappa shape index (κ3) is 4.52. The smallest absolute Gasteiger partial charge is 0.254 e. The summed E-state index contributed by atoms with van der Waals surface area (Å²) in [5, 5.41) is 4.71. The zero-order valence-corrected chi connectivity index (χ0v) is 19.2. The Labute approximate surface area is 201 Å². The monoisotopic (exact) mass is 475 g/mol. The molecule has 8 heteroatoms. The molecule has 6 nitrogen and oxygen atoms in total. The molecule has 0 saturated carbocycles. The number of benzene rings is 3. The molecule has 0 N–H and O–H groups in total. The van der Waals surface area contributed by atoms with Crippen LogP contribution < -0.4 is 4.74 Å². The van der Waals surface area contributed by atoms with Crippen LogP contribution in [0.25, 0.3) is 16.9 Å². The summed E-state index contributed by atoms with van der Waals surface area (Å²) < 4.78 is 40.1. The molecule has 3 aromatic carbocycles. The number of ether oxygens (including phenoxy) is 2. The Balaban J connectivity index is 1.57. The predicted octanol–water partition coefficient (Wildman–Crippen LogP) is 5.27. The topological polar surface area (TPSA) is 56.6 Å². The molecule has 1 aliphatic rings. The molecule has 0 bridgehead atoms. The van der Waals surface area contributed by atoms with Gasteiger partial charge in [-0.2, -0.15) is 5.10 Å². The van der Waals surface area contributed by atoms with E-state index in [0.717, 1.165) is 11.3 Å². The molecule has 0 spiro atoms. The Bertz CT molecular complexity index is 1340. The van der Waals surface area contributed by atoms with E-state index in [1.54, 1.807) is 54.1 Å². The molecule has 0 unspecified atom stereocenters. The fraction of sp³-hybridized carbons (Fsp3) is 0.185. The van der Waals surface area contributed by atoms with E-state index in [2.05, 4.69) is 0 Å². The number of carbonyl (C=O) groups excluding carboxylic acids is 1. The Morgan fingerprint density at radius 3 is 2.20 bits per heavy atom. The van der Waals surface area contributed by atoms with Gasteiger partial charge in [-0.15, -0.1) is 0 Å². The van der Waals surface area contributed by atoms with Crippen LogP contribution >= 0.6 is 0 Å². The van der Waals surface area contributed by atoms with E-state index in [-0.39, 0.29) is 17.5 Å². The molecule has 0 aliphatic carbocycles. The van der Waals surface area contributed by atoms with Gasteiger partial charge in [-0.05, 0) is 73.2 Å². The Hall–Kier alpha value is -4.04. The van der Waals surface area contributed by atoms with Gasteiger partial charge in [-0.1, -0.05) is 12.1 Å². The van der Waals surface area contributed by atoms with E-state index in [9.17, 15) is 13.6 Å². The fourth-order valence-corrected chi connectivity index (χ4v) is 4.13. The van der Waals surface area contributed by atoms with Crippen molar-refractivity contribution in [3.05, 3.63) is 102 Å². The second-order valence-corrected chi connectivity index (χ2v) is 8.31. The van der Waals surface area contributed by atoms with E-state index >= 15 is 0 Å². The first-order valence-corrected chi connectivity index (χ1v) is 11.1. The third-order valence-corrected chi connectivity index (χ3v) is 5.98. The lowest BCUT2D eigenvalue weighted by Crippen LogP contribution is -2.29. The Kier molecular flexibility index (Phi) is 6.05. The summed E-state index contributed by atoms with van der Waals surface area (Å²) in [6.45, 7) is 2.04. The lowest BCUT2D eigenvalue weighted by molar-refractivity contribution is -0.130. The lowest BCUT2D eigenvalue weighted by atomic mass is 10.1. The fourth-order valence-electron chi connectivity index (χ4n) is 4.13. The maximum atomic E-state index is 13.6. The molecular weight excluding hydrogens is 452 g/mol. The van der Waals surface area contributed by atoms with E-state index in [1.165, 1.54) is 24.3 Å². The third-order valence-electron chi connectivity index (χ3n) is 5.98. The number of amides is 1. The van der Waals surface area contributed by atoms with Crippen molar-refractivity contribution in [1.82, 2.24) is 14.7 Å². The molecule has 4 aromatic rings. The van der Waals surface area contributed by atoms with Crippen LogP contribution in [0.2, 0.25) is 0 Å². The maximum Gasteiger partial charge on any atom is 0.254 e. The normalized spacial score (nSPS) is 17.7. The molecular formula is C27H23F2N3O3. The van der Waals surface area contributed by atoms with Crippen molar-refractivity contribution < 1.29 is 23.0 Å². The van der Waals surface area contributed by atoms with Gasteiger partial charge >= 0.3 is 0 Å². The van der Waals surface area contributed by atoms with Gasteiger partial charge in [0.25, 0.3) is 5.91 Å². The summed E-state index contributed by atoms with van der Waals surface area (Å²) in [7, 11) is 1.60. The first-order chi connectivity index (χ1) is 16.9. The summed E-state index contributed by atoms with van der Waals surface area (Å²) in [6.07, 6.45) is 0.408. The number of hydrogen-bond donors (Lipinski definition) is 0. The highest BCUT2D eigenvalue weighted by Gasteiger charge is 2.41. The van der Waals surface area contributed by atoms with Crippen LogP contribution in [0.1, 0.15) is 24.3 Å². The summed E-state index contributed by atoms with van der Waals surface area (Å²) in [6, 6.07) is 19.4. The van der Waals surface area contributed by atoms with Gasteiger partial charge in [0.15, 0.2) is 6.23 Å². The van der Waals surface area contributed by atoms with Crippen LogP contribution in [-0.2, 0) is 16.1 Å². The first kappa shape index (κ1) is 22.7. The largest absolute Gasteiger partial charge is 0.497 e. The van der Waals surface area contributed by atoms with Gasteiger partial charge in [0.2, 0.25) is 0 Å². The molecule has 0 radical (unpaired) electrons. The highest BCUT2D eigenvalue weighted by atomic mass is 19.1. The van der Waals surface area contributed by atoms with E-state index < -0.39 is 12.3 Å². The lowest BCUT2D eigenvalue weighted by Gasteiger charge is -2.23. The molecule has 5 rings (SSSR count). The summed E-state index contributed by atoms with van der Waals surface area (Å²) in [4.78, 5) is 14.7. The first-order valence-electron chi connectivity index (χ1n) is 11.1. The van der Waals surface area contributed by atoms with Crippen molar-refractivity contribution in [1.29, 1.82) is 0 Å². The van der Waals surface area contributed by atoms with Gasteiger partial charge in [-0.25, -0.2) is 13.5 Å². The van der Waals surface area contributed by atoms with Crippen LogP contribution in [0.5, 0.6) is 5.75 Å². The molecule has 35 heavy (non-hydrogen) atoms. The minimum atomic E-state index is -0.714. The highest BCUT2D eigenvalue weighted by Crippen LogP contribution is 2.38. The van der Waals surface area contributed by atoms with Crippen molar-refractivity contribution in [2.24, 2.45) is 0 Å². The van der Waals surface area contributed by atoms with Crippen molar-refractivity contribution >= 4 is 5.91 Å². The minimum Gasteiger partial charge on any atom is -0.497 e. The number of nitrogens with zero attached hydrogens (tertiary/aromatic N) is 3. The van der Waals surface area contributed by atoms with Crippen molar-refractivity contribution in [2.45, 2.75) is 25.8 Å². The van der Waals surface area contributed by atoms with Crippen molar-refractivity contribution in [3.8, 4) is 22.7 Å². The van der Waals surface area contributed by atoms with E-state index in [0.29, 0.717) is 29.1 Å². The Morgan fingerprint density at radius 1 is 0.943 bits per heavy atom. The van der Waals surface area contributed by atoms with Gasteiger partial charge < -0.3 is 14.4 Å². The maximum absolute atomic E-state index is 13.6. The molecule has 1 aliphatic heterocycles. The average Bonchev–Trinajstić information content (AvgIpc) is 3.42. The standard InChI is InChI=1S/C27H23F2N3O3/c1-17-26(33)31(15-18-3-13-23(34-2)14-4-18)27(35-17)24-16-32(22-11-9-21(29)10-12-22)30-25(24)19-5-7-20(28)8-6-19/h3-14,16-17,27H,15H2,1-2H3/t17-,27+/m1/s1. The van der Waals surface area contributed by atoms with Crippen molar-refractivity contribution in [2.75, 3.05) is 7.11 Å². The van der Waals surface area contributed by atoms with Crippen LogP contribution in [0.15, 0.2) is 79.0 Å². The van der Waals surface area contributed by atoms with Crippen LogP contribution in [-0.4, -0.2) is 33.8 Å². The number of aromatic nitrogens is 2. The van der Waals surface area contributed by atoms with E-state index in [4.69, 9.17) is 14.6 Å². The van der Waals surface area contributed by atoms with Gasteiger partial charge in [-0.3, -0.25) is 4.79 Å². The predicted molar refractivity (Wildman–Crippen MR) is 126 cm³/mol. The minimum absolute atomic E-state index is 0.148. The zero-order chi connectivity index (χ0) is 24.5. The summed E-state index contributed by atoms with van der Waals surface area (Å²) in [5.41, 5.74) is 3.41. The SMILES string of the molecule is COc1ccc(CN2C(=O)[C@@H](C)O[C@H]2c2cn(-c3ccc(F)cc3)nc2-c2ccc(F)cc2)cc1. The quantitative estimate of drug-likeness (QED) is 0.381. The summed E-state index contributed by atoms with van der Waals surface area (Å²) >= 11 is 0. The van der Waals surface area contributed by atoms with Crippen LogP contribution in [0.4, 0.5) is 8.78 Å². The van der Waals surface area contributed by atoms with Crippen molar-refractivity contribution in [3.63, 3.8) is 0 Å². The number of rotatable bonds is 6. The summed E-state index contributed by atoms with van der Waals surface area (Å²) in [5.74, 6) is -0.147. The molecule has 2 atom stereocenters. The molecule has 1 aromatic heterocycles. The van der Waals surface area contributed by atoms with Gasteiger partial charge in [0.05, 0.1) is 12.8 Å². The number of halogens is 2. The molecule has 1 fully saturated rings. The average molecular weight is 475 g/mol. The van der Waals surface area contributed by atoms with Crippen LogP contribution in [0.3, 0.4) is 0 Å². The molecule has 178 valence electrons. The van der Waals surface area contributed by atoms with Crippen LogP contribution in [0, 0.1) is 11.6 Å².